The number of rotatable bonds is 7. The average molecular weight is 508 g/mol. The molecule has 1 fully saturated rings. The number of morpholine rings is 1. The molecule has 2 heterocycles. The molecule has 0 unspecified atom stereocenters. The monoisotopic (exact) mass is 507 g/mol. The normalized spacial score (nSPS) is 14.1. The molecule has 186 valence electrons. The number of ether oxygens (including phenoxy) is 2. The predicted octanol–water partition coefficient (Wildman–Crippen LogP) is 4.08. The maximum Gasteiger partial charge on any atom is 0.416 e. The predicted molar refractivity (Wildman–Crippen MR) is 127 cm³/mol. The molecule has 1 aliphatic rings. The number of para-hydroxylation sites is 1. The molecule has 12 heteroatoms. The standard InChI is InChI=1S/C23H24F3N5O3S/c1-30-21(16-5-3-4-6-19(16)33-2)28-29-22(30)35-14-20(32)27-17-13-15(23(24,25)26)7-8-18(17)31-9-11-34-12-10-31/h3-8,13H,9-12,14H2,1-2H3,(H,27,32). The van der Waals surface area contributed by atoms with Gasteiger partial charge in [-0.25, -0.2) is 0 Å². The number of thioether (sulfide) groups is 1. The summed E-state index contributed by atoms with van der Waals surface area (Å²) in [4.78, 5) is 14.6. The van der Waals surface area contributed by atoms with Gasteiger partial charge in [0.05, 0.1) is 48.6 Å². The second-order valence-corrected chi connectivity index (χ2v) is 8.67. The zero-order valence-corrected chi connectivity index (χ0v) is 19.9. The largest absolute Gasteiger partial charge is 0.496 e. The van der Waals surface area contributed by atoms with E-state index in [0.29, 0.717) is 48.7 Å². The van der Waals surface area contributed by atoms with Crippen molar-refractivity contribution in [2.45, 2.75) is 11.3 Å². The summed E-state index contributed by atoms with van der Waals surface area (Å²) < 4.78 is 52.4. The Morgan fingerprint density at radius 2 is 1.91 bits per heavy atom. The van der Waals surface area contributed by atoms with Crippen LogP contribution in [0.25, 0.3) is 11.4 Å². The molecule has 0 atom stereocenters. The second kappa shape index (κ2) is 10.6. The van der Waals surface area contributed by atoms with Gasteiger partial charge >= 0.3 is 6.18 Å². The van der Waals surface area contributed by atoms with Gasteiger partial charge in [0, 0.05) is 20.1 Å². The number of anilines is 2. The Labute approximate surface area is 204 Å². The van der Waals surface area contributed by atoms with Crippen LogP contribution in [-0.2, 0) is 22.8 Å². The lowest BCUT2D eigenvalue weighted by Crippen LogP contribution is -2.37. The summed E-state index contributed by atoms with van der Waals surface area (Å²) in [5, 5.41) is 11.5. The molecular formula is C23H24F3N5O3S. The molecule has 0 radical (unpaired) electrons. The number of hydrogen-bond acceptors (Lipinski definition) is 7. The van der Waals surface area contributed by atoms with E-state index in [1.807, 2.05) is 29.2 Å². The van der Waals surface area contributed by atoms with Gasteiger partial charge in [0.25, 0.3) is 0 Å². The highest BCUT2D eigenvalue weighted by atomic mass is 32.2. The van der Waals surface area contributed by atoms with Crippen molar-refractivity contribution in [3.05, 3.63) is 48.0 Å². The molecule has 0 aliphatic carbocycles. The molecule has 1 aliphatic heterocycles. The van der Waals surface area contributed by atoms with E-state index in [4.69, 9.17) is 9.47 Å². The van der Waals surface area contributed by atoms with Crippen molar-refractivity contribution < 1.29 is 27.4 Å². The molecule has 0 bridgehead atoms. The third-order valence-electron chi connectivity index (χ3n) is 5.46. The summed E-state index contributed by atoms with van der Waals surface area (Å²) >= 11 is 1.14. The smallest absolute Gasteiger partial charge is 0.416 e. The maximum absolute atomic E-state index is 13.3. The van der Waals surface area contributed by atoms with E-state index in [9.17, 15) is 18.0 Å². The molecule has 0 spiro atoms. The first-order valence-corrected chi connectivity index (χ1v) is 11.8. The van der Waals surface area contributed by atoms with Crippen LogP contribution in [0.5, 0.6) is 5.75 Å². The van der Waals surface area contributed by atoms with Gasteiger partial charge < -0.3 is 24.3 Å². The molecule has 1 saturated heterocycles. The number of halogens is 3. The Kier molecular flexibility index (Phi) is 7.51. The molecule has 4 rings (SSSR count). The molecule has 2 aromatic carbocycles. The minimum absolute atomic E-state index is 0.0588. The van der Waals surface area contributed by atoms with Crippen molar-refractivity contribution in [3.63, 3.8) is 0 Å². The first-order chi connectivity index (χ1) is 16.8. The lowest BCUT2D eigenvalue weighted by atomic mass is 10.1. The Morgan fingerprint density at radius 1 is 1.17 bits per heavy atom. The molecule has 3 aromatic rings. The Hall–Kier alpha value is -3.25. The van der Waals surface area contributed by atoms with Gasteiger partial charge in [-0.3, -0.25) is 4.79 Å². The van der Waals surface area contributed by atoms with Crippen LogP contribution in [0.15, 0.2) is 47.6 Å². The van der Waals surface area contributed by atoms with Crippen LogP contribution in [-0.4, -0.2) is 59.8 Å². The van der Waals surface area contributed by atoms with Crippen molar-refractivity contribution in [1.82, 2.24) is 14.8 Å². The topological polar surface area (TPSA) is 81.5 Å². The number of amides is 1. The van der Waals surface area contributed by atoms with Gasteiger partial charge in [-0.2, -0.15) is 13.2 Å². The molecule has 1 aromatic heterocycles. The third kappa shape index (κ3) is 5.70. The number of nitrogens with one attached hydrogen (secondary N) is 1. The SMILES string of the molecule is COc1ccccc1-c1nnc(SCC(=O)Nc2cc(C(F)(F)F)ccc2N2CCOCC2)n1C. The number of carbonyl (C=O) groups is 1. The third-order valence-corrected chi connectivity index (χ3v) is 6.49. The molecule has 1 amide bonds. The highest BCUT2D eigenvalue weighted by Gasteiger charge is 2.32. The maximum atomic E-state index is 13.3. The van der Waals surface area contributed by atoms with Gasteiger partial charge in [-0.1, -0.05) is 23.9 Å². The van der Waals surface area contributed by atoms with Gasteiger partial charge in [-0.05, 0) is 30.3 Å². The lowest BCUT2D eigenvalue weighted by molar-refractivity contribution is -0.137. The number of nitrogens with zero attached hydrogens (tertiary/aromatic N) is 4. The van der Waals surface area contributed by atoms with E-state index in [1.54, 1.807) is 18.7 Å². The first kappa shape index (κ1) is 24.9. The second-order valence-electron chi connectivity index (χ2n) is 7.73. The van der Waals surface area contributed by atoms with Crippen molar-refractivity contribution in [2.75, 3.05) is 49.4 Å². The van der Waals surface area contributed by atoms with Crippen molar-refractivity contribution in [3.8, 4) is 17.1 Å². The minimum Gasteiger partial charge on any atom is -0.496 e. The Morgan fingerprint density at radius 3 is 2.63 bits per heavy atom. The first-order valence-electron chi connectivity index (χ1n) is 10.8. The molecular weight excluding hydrogens is 483 g/mol. The fraction of sp³-hybridized carbons (Fsp3) is 0.348. The van der Waals surface area contributed by atoms with E-state index in [1.165, 1.54) is 6.07 Å². The van der Waals surface area contributed by atoms with E-state index >= 15 is 0 Å². The number of alkyl halides is 3. The van der Waals surface area contributed by atoms with Gasteiger partial charge in [0.15, 0.2) is 11.0 Å². The van der Waals surface area contributed by atoms with Crippen LogP contribution in [0.1, 0.15) is 5.56 Å². The molecule has 8 nitrogen and oxygen atoms in total. The molecule has 35 heavy (non-hydrogen) atoms. The zero-order chi connectivity index (χ0) is 25.0. The van der Waals surface area contributed by atoms with E-state index < -0.39 is 17.6 Å². The summed E-state index contributed by atoms with van der Waals surface area (Å²) in [7, 11) is 3.33. The highest BCUT2D eigenvalue weighted by molar-refractivity contribution is 7.99. The van der Waals surface area contributed by atoms with Crippen LogP contribution in [0, 0.1) is 0 Å². The van der Waals surface area contributed by atoms with Crippen molar-refractivity contribution in [1.29, 1.82) is 0 Å². The summed E-state index contributed by atoms with van der Waals surface area (Å²) in [5.74, 6) is 0.692. The van der Waals surface area contributed by atoms with E-state index in [-0.39, 0.29) is 11.4 Å². The van der Waals surface area contributed by atoms with Gasteiger partial charge in [0.1, 0.15) is 5.75 Å². The van der Waals surface area contributed by atoms with E-state index in [0.717, 1.165) is 29.5 Å². The molecule has 0 saturated carbocycles. The van der Waals surface area contributed by atoms with Gasteiger partial charge in [0.2, 0.25) is 5.91 Å². The Balaban J connectivity index is 1.49. The van der Waals surface area contributed by atoms with Crippen LogP contribution in [0.2, 0.25) is 0 Å². The van der Waals surface area contributed by atoms with E-state index in [2.05, 4.69) is 15.5 Å². The summed E-state index contributed by atoms with van der Waals surface area (Å²) in [6.45, 7) is 1.97. The number of carbonyl (C=O) groups excluding carboxylic acids is 1. The van der Waals surface area contributed by atoms with Crippen LogP contribution in [0.3, 0.4) is 0 Å². The average Bonchev–Trinajstić information content (AvgIpc) is 3.22. The quantitative estimate of drug-likeness (QED) is 0.483. The summed E-state index contributed by atoms with van der Waals surface area (Å²) in [5.41, 5.74) is 0.560. The Bertz CT molecular complexity index is 1200. The van der Waals surface area contributed by atoms with Crippen LogP contribution >= 0.6 is 11.8 Å². The number of aromatic nitrogens is 3. The summed E-state index contributed by atoms with van der Waals surface area (Å²) in [6.07, 6.45) is -4.52. The number of hydrogen-bond donors (Lipinski definition) is 1. The number of methoxy groups -OCH3 is 1. The van der Waals surface area contributed by atoms with Crippen LogP contribution < -0.4 is 15.0 Å². The fourth-order valence-electron chi connectivity index (χ4n) is 3.71. The number of benzene rings is 2. The zero-order valence-electron chi connectivity index (χ0n) is 19.1. The van der Waals surface area contributed by atoms with Crippen LogP contribution in [0.4, 0.5) is 24.5 Å². The van der Waals surface area contributed by atoms with Crippen molar-refractivity contribution in [2.24, 2.45) is 7.05 Å². The minimum atomic E-state index is -4.52. The highest BCUT2D eigenvalue weighted by Crippen LogP contribution is 2.36. The molecule has 1 N–H and O–H groups in total. The summed E-state index contributed by atoms with van der Waals surface area (Å²) in [6, 6.07) is 10.7. The van der Waals surface area contributed by atoms with Gasteiger partial charge in [-0.15, -0.1) is 10.2 Å². The van der Waals surface area contributed by atoms with Crippen molar-refractivity contribution >= 4 is 29.0 Å². The fourth-order valence-corrected chi connectivity index (χ4v) is 4.42. The lowest BCUT2D eigenvalue weighted by Gasteiger charge is -2.31.